The van der Waals surface area contributed by atoms with E-state index >= 15 is 0 Å². The molecule has 0 bridgehead atoms. The molecule has 0 spiro atoms. The van der Waals surface area contributed by atoms with Crippen LogP contribution in [-0.4, -0.2) is 25.7 Å². The highest BCUT2D eigenvalue weighted by atomic mass is 15.2. The Hall–Kier alpha value is -2.31. The van der Waals surface area contributed by atoms with Gasteiger partial charge in [0.25, 0.3) is 0 Å². The molecule has 1 fully saturated rings. The Morgan fingerprint density at radius 1 is 1.17 bits per heavy atom. The summed E-state index contributed by atoms with van der Waals surface area (Å²) in [6.07, 6.45) is 2.39. The maximum absolute atomic E-state index is 9.04. The summed E-state index contributed by atoms with van der Waals surface area (Å²) >= 11 is 0. The topological polar surface area (TPSA) is 39.1 Å². The maximum atomic E-state index is 9.04. The van der Waals surface area contributed by atoms with E-state index in [4.69, 9.17) is 5.26 Å². The van der Waals surface area contributed by atoms with Gasteiger partial charge >= 0.3 is 0 Å². The summed E-state index contributed by atoms with van der Waals surface area (Å²) in [7, 11) is 0. The molecule has 0 aliphatic carbocycles. The van der Waals surface area contributed by atoms with Gasteiger partial charge in [0.15, 0.2) is 0 Å². The van der Waals surface area contributed by atoms with Crippen LogP contribution in [0.25, 0.3) is 11.1 Å². The van der Waals surface area contributed by atoms with Crippen LogP contribution in [0.4, 0.5) is 5.69 Å². The number of rotatable bonds is 1. The second kappa shape index (κ2) is 5.72. The fraction of sp³-hybridized carbons (Fsp3) is 0.350. The predicted molar refractivity (Wildman–Crippen MR) is 93.7 cm³/mol. The van der Waals surface area contributed by atoms with Crippen LogP contribution < -0.4 is 10.2 Å². The van der Waals surface area contributed by atoms with Crippen molar-refractivity contribution in [3.8, 4) is 17.2 Å². The molecule has 0 saturated carbocycles. The molecule has 2 aromatic carbocycles. The van der Waals surface area contributed by atoms with Gasteiger partial charge in [0, 0.05) is 24.8 Å². The van der Waals surface area contributed by atoms with Crippen LogP contribution in [0.5, 0.6) is 0 Å². The van der Waals surface area contributed by atoms with Crippen LogP contribution in [0.3, 0.4) is 0 Å². The van der Waals surface area contributed by atoms with Crippen LogP contribution in [0.15, 0.2) is 36.4 Å². The van der Waals surface area contributed by atoms with E-state index < -0.39 is 0 Å². The van der Waals surface area contributed by atoms with Crippen molar-refractivity contribution in [2.24, 2.45) is 0 Å². The average molecular weight is 303 g/mol. The van der Waals surface area contributed by atoms with Crippen LogP contribution >= 0.6 is 0 Å². The van der Waals surface area contributed by atoms with E-state index in [0.29, 0.717) is 6.04 Å². The number of fused-ring (bicyclic) bond motifs is 3. The molecule has 3 heteroatoms. The normalized spacial score (nSPS) is 19.7. The summed E-state index contributed by atoms with van der Waals surface area (Å²) in [6.45, 7) is 5.36. The van der Waals surface area contributed by atoms with Crippen LogP contribution in [-0.2, 0) is 6.42 Å². The first-order chi connectivity index (χ1) is 11.3. The SMILES string of the molecule is Cc1cc(C#N)ccc1-c1ccc2c(c1)N1CCNCCC1C2. The fourth-order valence-electron chi connectivity index (χ4n) is 3.94. The van der Waals surface area contributed by atoms with Gasteiger partial charge in [-0.2, -0.15) is 5.26 Å². The average Bonchev–Trinajstić information content (AvgIpc) is 2.75. The molecule has 1 saturated heterocycles. The third kappa shape index (κ3) is 2.50. The number of hydrogen-bond donors (Lipinski definition) is 1. The molecule has 116 valence electrons. The van der Waals surface area contributed by atoms with Gasteiger partial charge in [-0.15, -0.1) is 0 Å². The second-order valence-electron chi connectivity index (χ2n) is 6.58. The molecule has 1 atom stereocenters. The maximum Gasteiger partial charge on any atom is 0.0991 e. The Balaban J connectivity index is 1.73. The number of nitriles is 1. The van der Waals surface area contributed by atoms with E-state index in [1.165, 1.54) is 35.2 Å². The van der Waals surface area contributed by atoms with Crippen molar-refractivity contribution in [3.05, 3.63) is 53.1 Å². The van der Waals surface area contributed by atoms with Crippen molar-refractivity contribution >= 4 is 5.69 Å². The van der Waals surface area contributed by atoms with Gasteiger partial charge in [-0.3, -0.25) is 0 Å². The fourth-order valence-corrected chi connectivity index (χ4v) is 3.94. The van der Waals surface area contributed by atoms with Crippen molar-refractivity contribution in [1.29, 1.82) is 5.26 Å². The molecule has 2 heterocycles. The Morgan fingerprint density at radius 3 is 2.91 bits per heavy atom. The summed E-state index contributed by atoms with van der Waals surface area (Å²) in [5.41, 5.74) is 7.25. The monoisotopic (exact) mass is 303 g/mol. The number of benzene rings is 2. The summed E-state index contributed by atoms with van der Waals surface area (Å²) in [6, 6.07) is 15.7. The Morgan fingerprint density at radius 2 is 2.09 bits per heavy atom. The lowest BCUT2D eigenvalue weighted by molar-refractivity contribution is 0.612. The van der Waals surface area contributed by atoms with Crippen molar-refractivity contribution in [2.45, 2.75) is 25.8 Å². The van der Waals surface area contributed by atoms with Crippen molar-refractivity contribution < 1.29 is 0 Å². The zero-order chi connectivity index (χ0) is 15.8. The molecule has 0 aromatic heterocycles. The number of nitrogens with one attached hydrogen (secondary N) is 1. The molecule has 0 radical (unpaired) electrons. The molecule has 1 N–H and O–H groups in total. The van der Waals surface area contributed by atoms with E-state index in [1.807, 2.05) is 12.1 Å². The number of aryl methyl sites for hydroxylation is 1. The minimum atomic E-state index is 0.650. The molecule has 3 nitrogen and oxygen atoms in total. The number of hydrogen-bond acceptors (Lipinski definition) is 3. The van der Waals surface area contributed by atoms with Gasteiger partial charge in [-0.05, 0) is 66.8 Å². The third-order valence-corrected chi connectivity index (χ3v) is 5.14. The molecule has 2 aliphatic heterocycles. The largest absolute Gasteiger partial charge is 0.367 e. The lowest BCUT2D eigenvalue weighted by Crippen LogP contribution is -2.32. The lowest BCUT2D eigenvalue weighted by Gasteiger charge is -2.25. The van der Waals surface area contributed by atoms with E-state index in [9.17, 15) is 0 Å². The Bertz CT molecular complexity index is 788. The Kier molecular flexibility index (Phi) is 3.55. The van der Waals surface area contributed by atoms with Crippen molar-refractivity contribution in [3.63, 3.8) is 0 Å². The number of anilines is 1. The zero-order valence-corrected chi connectivity index (χ0v) is 13.5. The zero-order valence-electron chi connectivity index (χ0n) is 13.5. The van der Waals surface area contributed by atoms with E-state index in [-0.39, 0.29) is 0 Å². The molecule has 0 amide bonds. The van der Waals surface area contributed by atoms with Gasteiger partial charge in [-0.1, -0.05) is 18.2 Å². The van der Waals surface area contributed by atoms with Gasteiger partial charge < -0.3 is 10.2 Å². The highest BCUT2D eigenvalue weighted by Gasteiger charge is 2.30. The first-order valence-electron chi connectivity index (χ1n) is 8.37. The molecular weight excluding hydrogens is 282 g/mol. The minimum Gasteiger partial charge on any atom is -0.367 e. The predicted octanol–water partition coefficient (Wildman–Crippen LogP) is 3.26. The lowest BCUT2D eigenvalue weighted by atomic mass is 9.97. The molecule has 2 aliphatic rings. The standard InChI is InChI=1S/C20H21N3/c1-14-10-15(13-21)2-5-19(14)16-3-4-17-11-18-6-7-22-8-9-23(18)20(17)12-16/h2-5,10,12,18,22H,6-9,11H2,1H3. The summed E-state index contributed by atoms with van der Waals surface area (Å²) in [4.78, 5) is 2.58. The van der Waals surface area contributed by atoms with Gasteiger partial charge in [0.2, 0.25) is 0 Å². The first kappa shape index (κ1) is 14.3. The van der Waals surface area contributed by atoms with Crippen molar-refractivity contribution in [2.75, 3.05) is 24.5 Å². The van der Waals surface area contributed by atoms with E-state index in [2.05, 4.69) is 47.5 Å². The summed E-state index contributed by atoms with van der Waals surface area (Å²) in [5.74, 6) is 0. The highest BCUT2D eigenvalue weighted by molar-refractivity contribution is 5.75. The number of nitrogens with zero attached hydrogens (tertiary/aromatic N) is 2. The second-order valence-corrected chi connectivity index (χ2v) is 6.58. The highest BCUT2D eigenvalue weighted by Crippen LogP contribution is 2.37. The Labute approximate surface area is 137 Å². The van der Waals surface area contributed by atoms with Crippen LogP contribution in [0.2, 0.25) is 0 Å². The van der Waals surface area contributed by atoms with Gasteiger partial charge in [0.05, 0.1) is 11.6 Å². The molecule has 23 heavy (non-hydrogen) atoms. The van der Waals surface area contributed by atoms with Crippen LogP contribution in [0, 0.1) is 18.3 Å². The summed E-state index contributed by atoms with van der Waals surface area (Å²) < 4.78 is 0. The molecular formula is C20H21N3. The smallest absolute Gasteiger partial charge is 0.0991 e. The third-order valence-electron chi connectivity index (χ3n) is 5.14. The molecule has 2 aromatic rings. The minimum absolute atomic E-state index is 0.650. The van der Waals surface area contributed by atoms with Crippen molar-refractivity contribution in [1.82, 2.24) is 5.32 Å². The van der Waals surface area contributed by atoms with E-state index in [0.717, 1.165) is 30.8 Å². The van der Waals surface area contributed by atoms with Gasteiger partial charge in [-0.25, -0.2) is 0 Å². The van der Waals surface area contributed by atoms with Gasteiger partial charge in [0.1, 0.15) is 0 Å². The summed E-state index contributed by atoms with van der Waals surface area (Å²) in [5, 5.41) is 12.5. The van der Waals surface area contributed by atoms with Crippen LogP contribution in [0.1, 0.15) is 23.1 Å². The van der Waals surface area contributed by atoms with E-state index in [1.54, 1.807) is 0 Å². The quantitative estimate of drug-likeness (QED) is 0.879. The molecule has 4 rings (SSSR count). The first-order valence-corrected chi connectivity index (χ1v) is 8.37. The molecule has 1 unspecified atom stereocenters.